The first-order chi connectivity index (χ1) is 11.3. The molecule has 0 radical (unpaired) electrons. The molecule has 0 unspecified atom stereocenters. The molecular formula is C19H33IN4S. The molecule has 1 aromatic carbocycles. The number of guanidine groups is 1. The van der Waals surface area contributed by atoms with Gasteiger partial charge in [0, 0.05) is 36.3 Å². The Bertz CT molecular complexity index is 542. The van der Waals surface area contributed by atoms with Crippen LogP contribution >= 0.6 is 35.7 Å². The standard InChI is InChI=1S/C19H32N4S.HI/c1-18(2,15-23(4)5)13-21-17(20-3)22-14-19(11-12-19)24-16-9-7-6-8-10-16;/h6-10H,11-15H2,1-5H3,(H2,20,21,22);1H. The number of nitrogens with zero attached hydrogens (tertiary/aromatic N) is 2. The molecule has 1 aliphatic carbocycles. The van der Waals surface area contributed by atoms with Crippen LogP contribution in [0.25, 0.3) is 0 Å². The van der Waals surface area contributed by atoms with Crippen LogP contribution in [0.1, 0.15) is 26.7 Å². The summed E-state index contributed by atoms with van der Waals surface area (Å²) in [5.41, 5.74) is 0.206. The second kappa shape index (κ2) is 10.0. The van der Waals surface area contributed by atoms with Gasteiger partial charge in [-0.05, 0) is 44.5 Å². The number of thioether (sulfide) groups is 1. The molecule has 2 rings (SSSR count). The Labute approximate surface area is 174 Å². The van der Waals surface area contributed by atoms with Crippen molar-refractivity contribution in [1.29, 1.82) is 0 Å². The van der Waals surface area contributed by atoms with Gasteiger partial charge in [0.25, 0.3) is 0 Å². The van der Waals surface area contributed by atoms with Crippen LogP contribution in [0, 0.1) is 5.41 Å². The first-order valence-corrected chi connectivity index (χ1v) is 9.49. The summed E-state index contributed by atoms with van der Waals surface area (Å²) in [5.74, 6) is 0.904. The summed E-state index contributed by atoms with van der Waals surface area (Å²) in [5, 5.41) is 7.01. The van der Waals surface area contributed by atoms with E-state index in [1.165, 1.54) is 17.7 Å². The number of aliphatic imine (C=N–C) groups is 1. The third kappa shape index (κ3) is 8.17. The van der Waals surface area contributed by atoms with Gasteiger partial charge >= 0.3 is 0 Å². The normalized spacial score (nSPS) is 16.3. The maximum Gasteiger partial charge on any atom is 0.191 e. The maximum atomic E-state index is 4.38. The molecule has 0 bridgehead atoms. The largest absolute Gasteiger partial charge is 0.356 e. The van der Waals surface area contributed by atoms with Gasteiger partial charge in [-0.1, -0.05) is 32.0 Å². The smallest absolute Gasteiger partial charge is 0.191 e. The van der Waals surface area contributed by atoms with Gasteiger partial charge < -0.3 is 15.5 Å². The monoisotopic (exact) mass is 476 g/mol. The Morgan fingerprint density at radius 1 is 1.20 bits per heavy atom. The van der Waals surface area contributed by atoms with Crippen LogP contribution < -0.4 is 10.6 Å². The minimum absolute atomic E-state index is 0. The minimum Gasteiger partial charge on any atom is -0.356 e. The van der Waals surface area contributed by atoms with Gasteiger partial charge in [-0.15, -0.1) is 35.7 Å². The van der Waals surface area contributed by atoms with Crippen LogP contribution in [0.3, 0.4) is 0 Å². The van der Waals surface area contributed by atoms with E-state index in [4.69, 9.17) is 0 Å². The highest BCUT2D eigenvalue weighted by Crippen LogP contribution is 2.51. The van der Waals surface area contributed by atoms with Crippen molar-refractivity contribution in [2.75, 3.05) is 40.8 Å². The average molecular weight is 476 g/mol. The van der Waals surface area contributed by atoms with Crippen molar-refractivity contribution in [2.45, 2.75) is 36.3 Å². The molecule has 1 fully saturated rings. The topological polar surface area (TPSA) is 39.7 Å². The fourth-order valence-corrected chi connectivity index (χ4v) is 4.14. The highest BCUT2D eigenvalue weighted by atomic mass is 127. The van der Waals surface area contributed by atoms with Crippen molar-refractivity contribution in [2.24, 2.45) is 10.4 Å². The van der Waals surface area contributed by atoms with Crippen LogP contribution in [0.2, 0.25) is 0 Å². The molecule has 6 heteroatoms. The number of halogens is 1. The molecule has 0 heterocycles. The van der Waals surface area contributed by atoms with Crippen molar-refractivity contribution >= 4 is 41.7 Å². The molecule has 25 heavy (non-hydrogen) atoms. The second-order valence-corrected chi connectivity index (χ2v) is 9.32. The third-order valence-corrected chi connectivity index (χ3v) is 5.66. The SMILES string of the molecule is CN=C(NCC(C)(C)CN(C)C)NCC1(Sc2ccccc2)CC1.I. The Kier molecular flexibility index (Phi) is 9.04. The highest BCUT2D eigenvalue weighted by Gasteiger charge is 2.43. The van der Waals surface area contributed by atoms with Crippen LogP contribution in [-0.2, 0) is 0 Å². The molecule has 0 aliphatic heterocycles. The number of benzene rings is 1. The molecule has 1 aliphatic rings. The molecule has 0 amide bonds. The minimum atomic E-state index is 0. The van der Waals surface area contributed by atoms with E-state index >= 15 is 0 Å². The van der Waals surface area contributed by atoms with Gasteiger partial charge in [0.15, 0.2) is 5.96 Å². The molecule has 1 saturated carbocycles. The molecule has 142 valence electrons. The number of rotatable bonds is 8. The Balaban J connectivity index is 0.00000312. The molecule has 4 nitrogen and oxygen atoms in total. The van der Waals surface area contributed by atoms with Gasteiger partial charge in [0.2, 0.25) is 0 Å². The summed E-state index contributed by atoms with van der Waals surface area (Å²) in [4.78, 5) is 7.96. The third-order valence-electron chi connectivity index (χ3n) is 4.17. The number of nitrogens with one attached hydrogen (secondary N) is 2. The summed E-state index contributed by atoms with van der Waals surface area (Å²) in [6.07, 6.45) is 2.53. The summed E-state index contributed by atoms with van der Waals surface area (Å²) in [6, 6.07) is 10.7. The van der Waals surface area contributed by atoms with Crippen LogP contribution in [0.15, 0.2) is 40.2 Å². The van der Waals surface area contributed by atoms with E-state index in [1.54, 1.807) is 0 Å². The Morgan fingerprint density at radius 2 is 1.84 bits per heavy atom. The second-order valence-electron chi connectivity index (χ2n) is 7.78. The summed E-state index contributed by atoms with van der Waals surface area (Å²) in [7, 11) is 6.08. The first kappa shape index (κ1) is 22.6. The zero-order valence-corrected chi connectivity index (χ0v) is 19.3. The van der Waals surface area contributed by atoms with Crippen LogP contribution in [0.4, 0.5) is 0 Å². The summed E-state index contributed by atoms with van der Waals surface area (Å²) in [6.45, 7) is 7.47. The fourth-order valence-electron chi connectivity index (χ4n) is 2.89. The zero-order chi connectivity index (χ0) is 17.6. The molecule has 0 spiro atoms. The average Bonchev–Trinajstić information content (AvgIpc) is 3.27. The van der Waals surface area contributed by atoms with Gasteiger partial charge in [-0.25, -0.2) is 0 Å². The molecule has 1 aromatic rings. The van der Waals surface area contributed by atoms with Crippen molar-refractivity contribution < 1.29 is 0 Å². The van der Waals surface area contributed by atoms with Gasteiger partial charge in [0.1, 0.15) is 0 Å². The van der Waals surface area contributed by atoms with E-state index in [0.717, 1.165) is 25.6 Å². The van der Waals surface area contributed by atoms with Gasteiger partial charge in [0.05, 0.1) is 0 Å². The molecule has 0 aromatic heterocycles. The lowest BCUT2D eigenvalue weighted by Gasteiger charge is -2.29. The number of hydrogen-bond donors (Lipinski definition) is 2. The summed E-state index contributed by atoms with van der Waals surface area (Å²) < 4.78 is 0.331. The van der Waals surface area contributed by atoms with E-state index in [-0.39, 0.29) is 29.4 Å². The zero-order valence-electron chi connectivity index (χ0n) is 16.1. The van der Waals surface area contributed by atoms with Crippen LogP contribution in [0.5, 0.6) is 0 Å². The summed E-state index contributed by atoms with van der Waals surface area (Å²) >= 11 is 1.99. The highest BCUT2D eigenvalue weighted by molar-refractivity contribution is 14.0. The van der Waals surface area contributed by atoms with E-state index in [0.29, 0.717) is 4.75 Å². The maximum absolute atomic E-state index is 4.38. The van der Waals surface area contributed by atoms with E-state index in [9.17, 15) is 0 Å². The van der Waals surface area contributed by atoms with Crippen molar-refractivity contribution in [3.8, 4) is 0 Å². The number of hydrogen-bond acceptors (Lipinski definition) is 3. The molecular weight excluding hydrogens is 443 g/mol. The van der Waals surface area contributed by atoms with E-state index in [1.807, 2.05) is 18.8 Å². The lowest BCUT2D eigenvalue weighted by molar-refractivity contribution is 0.241. The van der Waals surface area contributed by atoms with Gasteiger partial charge in [-0.2, -0.15) is 0 Å². The molecule has 0 atom stereocenters. The van der Waals surface area contributed by atoms with Crippen molar-refractivity contribution in [3.63, 3.8) is 0 Å². The molecule has 2 N–H and O–H groups in total. The lowest BCUT2D eigenvalue weighted by Crippen LogP contribution is -2.46. The van der Waals surface area contributed by atoms with Gasteiger partial charge in [-0.3, -0.25) is 4.99 Å². The quantitative estimate of drug-likeness (QED) is 0.341. The predicted octanol–water partition coefficient (Wildman–Crippen LogP) is 3.68. The Hall–Kier alpha value is -0.470. The molecule has 0 saturated heterocycles. The predicted molar refractivity (Wildman–Crippen MR) is 121 cm³/mol. The van der Waals surface area contributed by atoms with Crippen LogP contribution in [-0.4, -0.2) is 56.4 Å². The van der Waals surface area contributed by atoms with Crippen molar-refractivity contribution in [3.05, 3.63) is 30.3 Å². The van der Waals surface area contributed by atoms with Crippen molar-refractivity contribution in [1.82, 2.24) is 15.5 Å². The fraction of sp³-hybridized carbons (Fsp3) is 0.632. The van der Waals surface area contributed by atoms with E-state index in [2.05, 4.69) is 78.8 Å². The lowest BCUT2D eigenvalue weighted by atomic mass is 9.93. The van der Waals surface area contributed by atoms with E-state index < -0.39 is 0 Å². The Morgan fingerprint density at radius 3 is 2.36 bits per heavy atom. The first-order valence-electron chi connectivity index (χ1n) is 8.68.